The van der Waals surface area contributed by atoms with Gasteiger partial charge in [0.15, 0.2) is 0 Å². The van der Waals surface area contributed by atoms with Crippen molar-refractivity contribution in [3.8, 4) is 6.01 Å². The summed E-state index contributed by atoms with van der Waals surface area (Å²) in [5.74, 6) is -0.369. The smallest absolute Gasteiger partial charge is 0.302 e. The lowest BCUT2D eigenvalue weighted by atomic mass is 10.3. The number of rotatable bonds is 5. The summed E-state index contributed by atoms with van der Waals surface area (Å²) in [6, 6.07) is 1.99. The van der Waals surface area contributed by atoms with Crippen molar-refractivity contribution < 1.29 is 14.3 Å². The molecule has 6 nitrogen and oxygen atoms in total. The van der Waals surface area contributed by atoms with Gasteiger partial charge < -0.3 is 9.47 Å². The minimum atomic E-state index is -0.369. The number of hydrogen-bond donors (Lipinski definition) is 1. The molecule has 0 saturated heterocycles. The Labute approximate surface area is 113 Å². The molecule has 0 unspecified atom stereocenters. The molecule has 0 aromatic carbocycles. The fraction of sp³-hybridized carbons (Fsp3) is 0.417. The van der Waals surface area contributed by atoms with Crippen LogP contribution >= 0.6 is 11.3 Å². The van der Waals surface area contributed by atoms with Gasteiger partial charge in [-0.2, -0.15) is 4.98 Å². The summed E-state index contributed by atoms with van der Waals surface area (Å²) in [6.07, 6.45) is 0.864. The molecule has 7 heteroatoms. The highest BCUT2D eigenvalue weighted by Crippen LogP contribution is 2.22. The summed E-state index contributed by atoms with van der Waals surface area (Å²) < 4.78 is 9.97. The van der Waals surface area contributed by atoms with Gasteiger partial charge in [0.2, 0.25) is 0 Å². The van der Waals surface area contributed by atoms with Crippen LogP contribution in [0.1, 0.15) is 18.7 Å². The van der Waals surface area contributed by atoms with Crippen molar-refractivity contribution in [3.63, 3.8) is 0 Å². The molecule has 2 heterocycles. The highest BCUT2D eigenvalue weighted by molar-refractivity contribution is 7.18. The maximum Gasteiger partial charge on any atom is 0.302 e. The molecule has 0 spiro atoms. The van der Waals surface area contributed by atoms with Crippen LogP contribution in [0.3, 0.4) is 0 Å². The molecule has 2 aromatic heterocycles. The SMILES string of the molecule is CCc1cc2c(=O)[nH]c(OCCOC(C)=O)nc2s1. The van der Waals surface area contributed by atoms with Crippen molar-refractivity contribution in [3.05, 3.63) is 21.3 Å². The van der Waals surface area contributed by atoms with E-state index < -0.39 is 0 Å². The van der Waals surface area contributed by atoms with Crippen LogP contribution < -0.4 is 10.3 Å². The molecule has 0 aliphatic carbocycles. The minimum absolute atomic E-state index is 0.127. The number of aryl methyl sites for hydroxylation is 1. The van der Waals surface area contributed by atoms with Crippen LogP contribution in [0.25, 0.3) is 10.2 Å². The normalized spacial score (nSPS) is 10.6. The Morgan fingerprint density at radius 1 is 1.47 bits per heavy atom. The second-order valence-electron chi connectivity index (χ2n) is 3.84. The van der Waals surface area contributed by atoms with Crippen LogP contribution in [0.15, 0.2) is 10.9 Å². The Balaban J connectivity index is 2.11. The fourth-order valence-corrected chi connectivity index (χ4v) is 2.49. The van der Waals surface area contributed by atoms with Crippen LogP contribution in [-0.2, 0) is 16.0 Å². The second kappa shape index (κ2) is 5.83. The van der Waals surface area contributed by atoms with Crippen molar-refractivity contribution in [1.29, 1.82) is 0 Å². The maximum atomic E-state index is 11.8. The van der Waals surface area contributed by atoms with Gasteiger partial charge in [0.05, 0.1) is 5.39 Å². The van der Waals surface area contributed by atoms with E-state index in [1.165, 1.54) is 18.3 Å². The van der Waals surface area contributed by atoms with Gasteiger partial charge in [0.1, 0.15) is 18.0 Å². The Morgan fingerprint density at radius 3 is 2.95 bits per heavy atom. The lowest BCUT2D eigenvalue weighted by Gasteiger charge is -2.04. The molecule has 1 N–H and O–H groups in total. The van der Waals surface area contributed by atoms with Crippen molar-refractivity contribution in [2.24, 2.45) is 0 Å². The molecule has 2 rings (SSSR count). The predicted molar refractivity (Wildman–Crippen MR) is 71.7 cm³/mol. The summed E-state index contributed by atoms with van der Waals surface area (Å²) in [6.45, 7) is 3.63. The number of nitrogens with one attached hydrogen (secondary N) is 1. The average molecular weight is 282 g/mol. The number of hydrogen-bond acceptors (Lipinski definition) is 6. The third-order valence-electron chi connectivity index (χ3n) is 2.41. The quantitative estimate of drug-likeness (QED) is 0.663. The highest BCUT2D eigenvalue weighted by atomic mass is 32.1. The third kappa shape index (κ3) is 3.31. The number of aromatic nitrogens is 2. The van der Waals surface area contributed by atoms with Gasteiger partial charge in [-0.15, -0.1) is 11.3 Å². The molecule has 0 aliphatic heterocycles. The zero-order chi connectivity index (χ0) is 13.8. The summed E-state index contributed by atoms with van der Waals surface area (Å²) in [5, 5.41) is 0.578. The molecule has 0 atom stereocenters. The van der Waals surface area contributed by atoms with Gasteiger partial charge in [-0.05, 0) is 12.5 Å². The monoisotopic (exact) mass is 282 g/mol. The van der Waals surface area contributed by atoms with Crippen LogP contribution in [0.5, 0.6) is 6.01 Å². The largest absolute Gasteiger partial charge is 0.462 e. The Kier molecular flexibility index (Phi) is 4.16. The lowest BCUT2D eigenvalue weighted by molar-refractivity contribution is -0.141. The molecule has 19 heavy (non-hydrogen) atoms. The van der Waals surface area contributed by atoms with Crippen LogP contribution in [0.4, 0.5) is 0 Å². The first-order valence-corrected chi connectivity index (χ1v) is 6.70. The van der Waals surface area contributed by atoms with Crippen LogP contribution in [0, 0.1) is 0 Å². The number of carbonyl (C=O) groups excluding carboxylic acids is 1. The van der Waals surface area contributed by atoms with Crippen molar-refractivity contribution in [2.45, 2.75) is 20.3 Å². The van der Waals surface area contributed by atoms with Crippen LogP contribution in [-0.4, -0.2) is 29.2 Å². The van der Waals surface area contributed by atoms with Crippen LogP contribution in [0.2, 0.25) is 0 Å². The first kappa shape index (κ1) is 13.5. The standard InChI is InChI=1S/C12H14N2O4S/c1-3-8-6-9-10(16)13-12(14-11(9)19-8)18-5-4-17-7(2)15/h6H,3-5H2,1-2H3,(H,13,14,16). The first-order valence-electron chi connectivity index (χ1n) is 5.89. The zero-order valence-electron chi connectivity index (χ0n) is 10.7. The Morgan fingerprint density at radius 2 is 2.26 bits per heavy atom. The van der Waals surface area contributed by atoms with Gasteiger partial charge in [0, 0.05) is 11.8 Å². The molecular weight excluding hydrogens is 268 g/mol. The summed E-state index contributed by atoms with van der Waals surface area (Å²) >= 11 is 1.47. The highest BCUT2D eigenvalue weighted by Gasteiger charge is 2.08. The summed E-state index contributed by atoms with van der Waals surface area (Å²) in [7, 11) is 0. The lowest BCUT2D eigenvalue weighted by Crippen LogP contribution is -2.14. The number of fused-ring (bicyclic) bond motifs is 1. The molecule has 102 valence electrons. The number of aromatic amines is 1. The maximum absolute atomic E-state index is 11.8. The van der Waals surface area contributed by atoms with Gasteiger partial charge in [-0.3, -0.25) is 14.6 Å². The Hall–Kier alpha value is -1.89. The minimum Gasteiger partial charge on any atom is -0.462 e. The molecule has 0 amide bonds. The van der Waals surface area contributed by atoms with Gasteiger partial charge in [0.25, 0.3) is 11.6 Å². The number of thiophene rings is 1. The van der Waals surface area contributed by atoms with Crippen molar-refractivity contribution in [2.75, 3.05) is 13.2 Å². The van der Waals surface area contributed by atoms with Crippen molar-refractivity contribution >= 4 is 27.5 Å². The summed E-state index contributed by atoms with van der Waals surface area (Å²) in [4.78, 5) is 30.9. The molecular formula is C12H14N2O4S. The van der Waals surface area contributed by atoms with Gasteiger partial charge in [-0.1, -0.05) is 6.92 Å². The molecule has 0 aliphatic rings. The second-order valence-corrected chi connectivity index (χ2v) is 4.96. The van der Waals surface area contributed by atoms with E-state index >= 15 is 0 Å². The van der Waals surface area contributed by atoms with Crippen molar-refractivity contribution in [1.82, 2.24) is 9.97 Å². The third-order valence-corrected chi connectivity index (χ3v) is 3.58. The zero-order valence-corrected chi connectivity index (χ0v) is 11.5. The number of carbonyl (C=O) groups is 1. The van der Waals surface area contributed by atoms with E-state index in [2.05, 4.69) is 9.97 Å². The van der Waals surface area contributed by atoms with Gasteiger partial charge >= 0.3 is 5.97 Å². The number of nitrogens with zero attached hydrogens (tertiary/aromatic N) is 1. The summed E-state index contributed by atoms with van der Waals surface area (Å²) in [5.41, 5.74) is -0.219. The number of ether oxygens (including phenoxy) is 2. The van der Waals surface area contributed by atoms with E-state index in [9.17, 15) is 9.59 Å². The number of H-pyrrole nitrogens is 1. The predicted octanol–water partition coefficient (Wildman–Crippen LogP) is 1.49. The first-order chi connectivity index (χ1) is 9.10. The average Bonchev–Trinajstić information content (AvgIpc) is 2.78. The molecule has 0 saturated carbocycles. The van der Waals surface area contributed by atoms with E-state index in [4.69, 9.17) is 9.47 Å². The molecule has 0 radical (unpaired) electrons. The fourth-order valence-electron chi connectivity index (χ4n) is 1.53. The number of esters is 1. The van der Waals surface area contributed by atoms with E-state index in [1.807, 2.05) is 13.0 Å². The molecule has 0 bridgehead atoms. The van der Waals surface area contributed by atoms with E-state index in [-0.39, 0.29) is 30.8 Å². The molecule has 0 fully saturated rings. The van der Waals surface area contributed by atoms with E-state index in [1.54, 1.807) is 0 Å². The van der Waals surface area contributed by atoms with E-state index in [0.717, 1.165) is 11.3 Å². The van der Waals surface area contributed by atoms with Gasteiger partial charge in [-0.25, -0.2) is 0 Å². The Bertz CT molecular complexity index is 647. The topological polar surface area (TPSA) is 81.3 Å². The molecule has 2 aromatic rings. The van der Waals surface area contributed by atoms with E-state index in [0.29, 0.717) is 10.2 Å².